The van der Waals surface area contributed by atoms with E-state index in [0.29, 0.717) is 84.2 Å². The first-order chi connectivity index (χ1) is 27.7. The van der Waals surface area contributed by atoms with E-state index in [-0.39, 0.29) is 19.0 Å². The van der Waals surface area contributed by atoms with Crippen LogP contribution >= 0.6 is 0 Å². The van der Waals surface area contributed by atoms with Gasteiger partial charge >= 0.3 is 23.9 Å². The van der Waals surface area contributed by atoms with Gasteiger partial charge in [0.1, 0.15) is 23.0 Å². The second kappa shape index (κ2) is 21.2. The Kier molecular flexibility index (Phi) is 15.3. The molecule has 0 radical (unpaired) electrons. The molecule has 0 saturated heterocycles. The molecule has 5 rings (SSSR count). The molecule has 1 aliphatic rings. The Balaban J connectivity index is 1.08. The Labute approximate surface area is 330 Å². The second-order valence-corrected chi connectivity index (χ2v) is 12.6. The maximum absolute atomic E-state index is 13.4. The fourth-order valence-electron chi connectivity index (χ4n) is 5.51. The molecule has 0 aliphatic heterocycles. The molecule has 0 atom stereocenters. The lowest BCUT2D eigenvalue weighted by Gasteiger charge is -2.17. The summed E-state index contributed by atoms with van der Waals surface area (Å²) >= 11 is 0. The first kappa shape index (κ1) is 41.2. The van der Waals surface area contributed by atoms with E-state index in [0.717, 1.165) is 29.7 Å². The molecule has 1 aliphatic carbocycles. The van der Waals surface area contributed by atoms with E-state index < -0.39 is 23.9 Å². The van der Waals surface area contributed by atoms with Crippen molar-refractivity contribution in [2.75, 3.05) is 26.4 Å². The number of hydrogen-bond acceptors (Lipinski definition) is 11. The third-order valence-corrected chi connectivity index (χ3v) is 8.46. The maximum Gasteiger partial charge on any atom is 0.343 e. The molecule has 0 unspecified atom stereocenters. The van der Waals surface area contributed by atoms with Gasteiger partial charge in [-0.3, -0.25) is 4.79 Å². The highest BCUT2D eigenvalue weighted by atomic mass is 16.5. The van der Waals surface area contributed by atoms with Crippen molar-refractivity contribution in [2.24, 2.45) is 0 Å². The summed E-state index contributed by atoms with van der Waals surface area (Å²) in [4.78, 5) is 61.0. The summed E-state index contributed by atoms with van der Waals surface area (Å²) in [5.41, 5.74) is 3.69. The van der Waals surface area contributed by atoms with Crippen LogP contribution in [0.25, 0.3) is 12.2 Å². The Hall–Kier alpha value is -7.01. The van der Waals surface area contributed by atoms with Crippen molar-refractivity contribution in [2.45, 2.75) is 32.1 Å². The number of carbonyl (C=O) groups excluding carboxylic acids is 5. The van der Waals surface area contributed by atoms with E-state index in [4.69, 9.17) is 28.4 Å². The van der Waals surface area contributed by atoms with Gasteiger partial charge in [-0.05, 0) is 115 Å². The first-order valence-corrected chi connectivity index (χ1v) is 18.3. The highest BCUT2D eigenvalue weighted by Gasteiger charge is 2.21. The third-order valence-electron chi connectivity index (χ3n) is 8.46. The van der Waals surface area contributed by atoms with Crippen LogP contribution in [0.5, 0.6) is 23.0 Å². The van der Waals surface area contributed by atoms with Crippen molar-refractivity contribution in [3.05, 3.63) is 156 Å². The van der Waals surface area contributed by atoms with Crippen LogP contribution in [0.2, 0.25) is 0 Å². The number of benzene rings is 4. The SMILES string of the molecule is C=CC(=O)OCCCOc1ccc(C(=O)Oc2ccc(C=C3CCCC(=Cc4ccc(OC(=O)c5ccc(OCCCOC(=O)C=C)cc5)cc4)C3=O)cc2)cc1. The van der Waals surface area contributed by atoms with Crippen molar-refractivity contribution >= 4 is 41.8 Å². The predicted octanol–water partition coefficient (Wildman–Crippen LogP) is 8.34. The standard InChI is InChI=1S/C46H42O11/c1-3-42(47)54-28-6-26-52-38-22-14-34(15-23-38)45(50)56-40-18-10-32(11-19-40)30-36-8-5-9-37(44(36)49)31-33-12-20-41(21-13-33)57-46(51)35-16-24-39(25-17-35)53-27-7-29-55-43(48)4-2/h3-4,10-25,30-31H,1-2,5-9,26-29H2. The number of Topliss-reactive ketones (excluding diaryl/α,β-unsaturated/α-hetero) is 1. The number of esters is 4. The largest absolute Gasteiger partial charge is 0.493 e. The first-order valence-electron chi connectivity index (χ1n) is 18.3. The van der Waals surface area contributed by atoms with Gasteiger partial charge in [-0.25, -0.2) is 19.2 Å². The lowest BCUT2D eigenvalue weighted by molar-refractivity contribution is -0.138. The summed E-state index contributed by atoms with van der Waals surface area (Å²) in [6.07, 6.45) is 9.05. The number of carbonyl (C=O) groups is 5. The number of ether oxygens (including phenoxy) is 6. The van der Waals surface area contributed by atoms with Crippen LogP contribution in [0.15, 0.2) is 134 Å². The maximum atomic E-state index is 13.4. The van der Waals surface area contributed by atoms with Gasteiger partial charge < -0.3 is 28.4 Å². The third kappa shape index (κ3) is 13.1. The Morgan fingerprint density at radius 3 is 1.25 bits per heavy atom. The fourth-order valence-corrected chi connectivity index (χ4v) is 5.51. The molecule has 4 aromatic carbocycles. The summed E-state index contributed by atoms with van der Waals surface area (Å²) in [5.74, 6) is -0.178. The fraction of sp³-hybridized carbons (Fsp3) is 0.196. The lowest BCUT2D eigenvalue weighted by atomic mass is 9.87. The predicted molar refractivity (Wildman–Crippen MR) is 213 cm³/mol. The molecule has 0 bridgehead atoms. The zero-order chi connectivity index (χ0) is 40.4. The minimum atomic E-state index is -0.524. The molecular weight excluding hydrogens is 728 g/mol. The van der Waals surface area contributed by atoms with Crippen LogP contribution in [0.1, 0.15) is 63.9 Å². The topological polar surface area (TPSA) is 141 Å². The summed E-state index contributed by atoms with van der Waals surface area (Å²) < 4.78 is 32.1. The average Bonchev–Trinajstić information content (AvgIpc) is 3.23. The smallest absolute Gasteiger partial charge is 0.343 e. The van der Waals surface area contributed by atoms with E-state index in [1.165, 1.54) is 0 Å². The summed E-state index contributed by atoms with van der Waals surface area (Å²) in [6, 6.07) is 27.0. The molecule has 292 valence electrons. The minimum absolute atomic E-state index is 0.0284. The number of hydrogen-bond donors (Lipinski definition) is 0. The van der Waals surface area contributed by atoms with Gasteiger partial charge in [-0.15, -0.1) is 0 Å². The van der Waals surface area contributed by atoms with Crippen LogP contribution in [-0.2, 0) is 23.9 Å². The molecule has 1 saturated carbocycles. The van der Waals surface area contributed by atoms with Crippen LogP contribution in [0.3, 0.4) is 0 Å². The average molecular weight is 771 g/mol. The molecule has 4 aromatic rings. The molecule has 1 fully saturated rings. The van der Waals surface area contributed by atoms with Crippen LogP contribution in [0.4, 0.5) is 0 Å². The van der Waals surface area contributed by atoms with Crippen molar-refractivity contribution < 1.29 is 52.4 Å². The van der Waals surface area contributed by atoms with Gasteiger partial charge in [-0.1, -0.05) is 37.4 Å². The Bertz CT molecular complexity index is 1960. The van der Waals surface area contributed by atoms with Crippen molar-refractivity contribution in [3.63, 3.8) is 0 Å². The Morgan fingerprint density at radius 1 is 0.509 bits per heavy atom. The van der Waals surface area contributed by atoms with Crippen LogP contribution < -0.4 is 18.9 Å². The monoisotopic (exact) mass is 770 g/mol. The molecule has 11 nitrogen and oxygen atoms in total. The van der Waals surface area contributed by atoms with E-state index in [1.807, 2.05) is 12.2 Å². The molecule has 0 spiro atoms. The highest BCUT2D eigenvalue weighted by Crippen LogP contribution is 2.29. The summed E-state index contributed by atoms with van der Waals surface area (Å²) in [5, 5.41) is 0. The molecule has 57 heavy (non-hydrogen) atoms. The van der Waals surface area contributed by atoms with Gasteiger partial charge in [0.2, 0.25) is 0 Å². The zero-order valence-corrected chi connectivity index (χ0v) is 31.3. The molecule has 0 aromatic heterocycles. The molecule has 0 heterocycles. The summed E-state index contributed by atoms with van der Waals surface area (Å²) in [7, 11) is 0. The van der Waals surface area contributed by atoms with E-state index in [2.05, 4.69) is 13.2 Å². The second-order valence-electron chi connectivity index (χ2n) is 12.6. The lowest BCUT2D eigenvalue weighted by Crippen LogP contribution is -2.12. The Morgan fingerprint density at radius 2 is 0.877 bits per heavy atom. The summed E-state index contributed by atoms with van der Waals surface area (Å²) in [6.45, 7) is 7.81. The van der Waals surface area contributed by atoms with E-state index >= 15 is 0 Å². The van der Waals surface area contributed by atoms with E-state index in [1.54, 1.807) is 97.1 Å². The van der Waals surface area contributed by atoms with Crippen molar-refractivity contribution in [1.82, 2.24) is 0 Å². The number of ketones is 1. The van der Waals surface area contributed by atoms with Crippen molar-refractivity contribution in [1.29, 1.82) is 0 Å². The molecule has 11 heteroatoms. The normalized spacial score (nSPS) is 13.6. The highest BCUT2D eigenvalue weighted by molar-refractivity contribution is 6.14. The van der Waals surface area contributed by atoms with Crippen molar-refractivity contribution in [3.8, 4) is 23.0 Å². The van der Waals surface area contributed by atoms with E-state index in [9.17, 15) is 24.0 Å². The van der Waals surface area contributed by atoms with Gasteiger partial charge in [0.05, 0.1) is 37.6 Å². The van der Waals surface area contributed by atoms with Crippen LogP contribution in [0, 0.1) is 0 Å². The van der Waals surface area contributed by atoms with Gasteiger partial charge in [0, 0.05) is 36.1 Å². The van der Waals surface area contributed by atoms with Gasteiger partial charge in [0.15, 0.2) is 5.78 Å². The van der Waals surface area contributed by atoms with Gasteiger partial charge in [-0.2, -0.15) is 0 Å². The quantitative estimate of drug-likeness (QED) is 0.0417. The minimum Gasteiger partial charge on any atom is -0.493 e. The molecule has 0 amide bonds. The number of allylic oxidation sites excluding steroid dienone is 2. The van der Waals surface area contributed by atoms with Crippen LogP contribution in [-0.4, -0.2) is 56.1 Å². The molecular formula is C46H42O11. The van der Waals surface area contributed by atoms with Gasteiger partial charge in [0.25, 0.3) is 0 Å². The zero-order valence-electron chi connectivity index (χ0n) is 31.3. The molecule has 0 N–H and O–H groups in total. The number of rotatable bonds is 18.